The van der Waals surface area contributed by atoms with E-state index in [1.807, 2.05) is 0 Å². The average molecular weight is 547 g/mol. The number of methoxy groups -OCH3 is 3. The van der Waals surface area contributed by atoms with Gasteiger partial charge in [-0.05, 0) is 36.5 Å². The zero-order valence-corrected chi connectivity index (χ0v) is 21.3. The lowest BCUT2D eigenvalue weighted by molar-refractivity contribution is -0.139. The third kappa shape index (κ3) is 3.43. The van der Waals surface area contributed by atoms with Crippen molar-refractivity contribution >= 4 is 47.4 Å². The van der Waals surface area contributed by atoms with Crippen LogP contribution in [0.3, 0.4) is 0 Å². The fraction of sp³-hybridized carbons (Fsp3) is 0.440. The molecule has 1 aromatic rings. The number of aromatic hydroxyl groups is 1. The fourth-order valence-electron chi connectivity index (χ4n) is 6.43. The summed E-state index contributed by atoms with van der Waals surface area (Å²) in [6, 6.07) is 2.90. The number of ether oxygens (including phenoxy) is 3. The molecule has 0 aromatic heterocycles. The molecule has 2 heterocycles. The summed E-state index contributed by atoms with van der Waals surface area (Å²) in [6.45, 7) is 0. The van der Waals surface area contributed by atoms with E-state index >= 15 is 0 Å². The number of hydrogen-bond acceptors (Lipinski definition) is 10. The van der Waals surface area contributed by atoms with Crippen molar-refractivity contribution in [3.05, 3.63) is 34.4 Å². The molecular formula is C25H23ClN2O10. The maximum Gasteiger partial charge on any atom is 0.423 e. The Balaban J connectivity index is 1.67. The molecule has 4 aliphatic rings. The van der Waals surface area contributed by atoms with Crippen LogP contribution in [0.4, 0.5) is 9.59 Å². The lowest BCUT2D eigenvalue weighted by Gasteiger charge is -2.44. The van der Waals surface area contributed by atoms with Crippen LogP contribution in [0.15, 0.2) is 23.8 Å². The Kier molecular flexibility index (Phi) is 6.17. The maximum absolute atomic E-state index is 13.5. The number of likely N-dealkylation sites (tertiary alicyclic amines) is 2. The molecular weight excluding hydrogens is 524 g/mol. The number of carbonyl (C=O) groups excluding carboxylic acids is 6. The number of carbonyl (C=O) groups is 6. The summed E-state index contributed by atoms with van der Waals surface area (Å²) < 4.78 is 14.5. The number of allylic oxidation sites excluding steroid dienone is 2. The third-order valence-electron chi connectivity index (χ3n) is 7.99. The van der Waals surface area contributed by atoms with Gasteiger partial charge in [0.25, 0.3) is 0 Å². The van der Waals surface area contributed by atoms with Crippen LogP contribution in [0.25, 0.3) is 0 Å². The van der Waals surface area contributed by atoms with E-state index in [9.17, 15) is 33.9 Å². The zero-order valence-electron chi connectivity index (χ0n) is 20.5. The number of benzene rings is 1. The normalized spacial score (nSPS) is 29.9. The maximum atomic E-state index is 13.5. The van der Waals surface area contributed by atoms with Gasteiger partial charge in [0.1, 0.15) is 0 Å². The first-order chi connectivity index (χ1) is 18.1. The molecule has 5 rings (SSSR count). The molecule has 6 amide bonds. The lowest BCUT2D eigenvalue weighted by Crippen LogP contribution is -2.43. The van der Waals surface area contributed by atoms with Gasteiger partial charge in [-0.3, -0.25) is 19.2 Å². The van der Waals surface area contributed by atoms with Gasteiger partial charge in [0.2, 0.25) is 23.6 Å². The molecule has 0 spiro atoms. The highest BCUT2D eigenvalue weighted by molar-refractivity contribution is 6.32. The molecule has 0 bridgehead atoms. The van der Waals surface area contributed by atoms with Crippen LogP contribution in [-0.2, 0) is 28.7 Å². The zero-order chi connectivity index (χ0) is 27.6. The summed E-state index contributed by atoms with van der Waals surface area (Å²) in [6.07, 6.45) is -0.393. The largest absolute Gasteiger partial charge is 0.503 e. The molecule has 2 saturated heterocycles. The second-order valence-corrected chi connectivity index (χ2v) is 9.95. The van der Waals surface area contributed by atoms with E-state index in [1.165, 1.54) is 19.2 Å². The van der Waals surface area contributed by atoms with Gasteiger partial charge in [0, 0.05) is 5.92 Å². The van der Waals surface area contributed by atoms with E-state index in [-0.39, 0.29) is 29.4 Å². The van der Waals surface area contributed by atoms with Gasteiger partial charge in [-0.15, -0.1) is 0 Å². The Labute approximate surface area is 221 Å². The highest BCUT2D eigenvalue weighted by Gasteiger charge is 2.63. The number of hydrogen-bond donors (Lipinski definition) is 1. The van der Waals surface area contributed by atoms with Gasteiger partial charge >= 0.3 is 12.2 Å². The topological polar surface area (TPSA) is 157 Å². The molecule has 0 radical (unpaired) electrons. The predicted molar refractivity (Wildman–Crippen MR) is 126 cm³/mol. The van der Waals surface area contributed by atoms with Crippen LogP contribution < -0.4 is 4.74 Å². The molecule has 1 N–H and O–H groups in total. The van der Waals surface area contributed by atoms with Crippen molar-refractivity contribution in [3.8, 4) is 11.5 Å². The molecule has 0 unspecified atom stereocenters. The minimum absolute atomic E-state index is 0.0107. The van der Waals surface area contributed by atoms with E-state index in [0.717, 1.165) is 14.2 Å². The number of amides is 6. The van der Waals surface area contributed by atoms with E-state index < -0.39 is 71.3 Å². The third-order valence-corrected chi connectivity index (χ3v) is 8.28. The molecule has 3 fully saturated rings. The average Bonchev–Trinajstić information content (AvgIpc) is 3.31. The van der Waals surface area contributed by atoms with Crippen molar-refractivity contribution in [3.63, 3.8) is 0 Å². The Morgan fingerprint density at radius 3 is 2.03 bits per heavy atom. The quantitative estimate of drug-likeness (QED) is 0.431. The lowest BCUT2D eigenvalue weighted by atomic mass is 9.57. The summed E-state index contributed by atoms with van der Waals surface area (Å²) in [5, 5.41) is 10.2. The number of phenolic OH excluding ortho intramolecular Hbond substituents is 1. The molecule has 1 saturated carbocycles. The van der Waals surface area contributed by atoms with Crippen LogP contribution >= 0.6 is 11.6 Å². The number of rotatable bonds is 2. The predicted octanol–water partition coefficient (Wildman–Crippen LogP) is 2.22. The minimum Gasteiger partial charge on any atom is -0.503 e. The van der Waals surface area contributed by atoms with Crippen molar-refractivity contribution in [2.24, 2.45) is 29.6 Å². The molecule has 200 valence electrons. The summed E-state index contributed by atoms with van der Waals surface area (Å²) in [4.78, 5) is 78.8. The Morgan fingerprint density at radius 1 is 0.868 bits per heavy atom. The highest BCUT2D eigenvalue weighted by Crippen LogP contribution is 2.58. The summed E-state index contributed by atoms with van der Waals surface area (Å²) >= 11 is 6.26. The van der Waals surface area contributed by atoms with Gasteiger partial charge < -0.3 is 19.3 Å². The fourth-order valence-corrected chi connectivity index (χ4v) is 6.65. The standard InChI is InChI=1S/C25H23ClN2O10/c1-36-15-7-9(6-14(26)19(15)29)16-10-4-5-11-17(22(32)27(20(11)30)24(34)37-2)12(10)8-13-18(16)23(33)28(21(13)31)25(35)38-3/h4,6-7,11-13,16-18,29H,5,8H2,1-3H3/t11-,12+,13+,16-,17-,18+/m0/s1. The molecule has 6 atom stereocenters. The summed E-state index contributed by atoms with van der Waals surface area (Å²) in [5.74, 6) is -8.77. The number of fused-ring (bicyclic) bond motifs is 4. The number of imide groups is 6. The molecule has 2 aliphatic carbocycles. The minimum atomic E-state index is -1.13. The van der Waals surface area contributed by atoms with Crippen LogP contribution in [0, 0.1) is 29.6 Å². The van der Waals surface area contributed by atoms with Gasteiger partial charge in [-0.1, -0.05) is 23.3 Å². The van der Waals surface area contributed by atoms with Crippen LogP contribution in [-0.4, -0.2) is 72.1 Å². The van der Waals surface area contributed by atoms with Crippen molar-refractivity contribution in [1.82, 2.24) is 9.80 Å². The van der Waals surface area contributed by atoms with Gasteiger partial charge in [0.05, 0.1) is 50.0 Å². The first-order valence-electron chi connectivity index (χ1n) is 11.7. The Morgan fingerprint density at radius 2 is 1.45 bits per heavy atom. The van der Waals surface area contributed by atoms with Gasteiger partial charge in [0.15, 0.2) is 11.5 Å². The summed E-state index contributed by atoms with van der Waals surface area (Å²) in [5.41, 5.74) is 1.00. The van der Waals surface area contributed by atoms with Crippen LogP contribution in [0.1, 0.15) is 24.3 Å². The first-order valence-corrected chi connectivity index (χ1v) is 12.1. The van der Waals surface area contributed by atoms with E-state index in [0.29, 0.717) is 20.9 Å². The van der Waals surface area contributed by atoms with E-state index in [4.69, 9.17) is 16.3 Å². The highest BCUT2D eigenvalue weighted by atomic mass is 35.5. The molecule has 12 nitrogen and oxygen atoms in total. The number of halogens is 1. The SMILES string of the molecule is COC(=O)N1C(=O)[C@H]2[C@H](CC=C3[C@H]2C[C@H]2C(=O)N(C(=O)OC)C(=O)[C@H]2[C@H]3c2cc(Cl)c(O)c(OC)c2)C1=O. The number of phenols is 1. The molecule has 38 heavy (non-hydrogen) atoms. The van der Waals surface area contributed by atoms with Crippen molar-refractivity contribution in [1.29, 1.82) is 0 Å². The van der Waals surface area contributed by atoms with Crippen LogP contribution in [0.2, 0.25) is 5.02 Å². The van der Waals surface area contributed by atoms with E-state index in [2.05, 4.69) is 9.47 Å². The molecule has 13 heteroatoms. The van der Waals surface area contributed by atoms with Crippen molar-refractivity contribution in [2.45, 2.75) is 18.8 Å². The van der Waals surface area contributed by atoms with Crippen molar-refractivity contribution in [2.75, 3.05) is 21.3 Å². The number of nitrogens with zero attached hydrogens (tertiary/aromatic N) is 2. The Hall–Kier alpha value is -3.93. The molecule has 1 aromatic carbocycles. The van der Waals surface area contributed by atoms with E-state index in [1.54, 1.807) is 6.08 Å². The van der Waals surface area contributed by atoms with Gasteiger partial charge in [-0.25, -0.2) is 9.59 Å². The van der Waals surface area contributed by atoms with Crippen LogP contribution in [0.5, 0.6) is 11.5 Å². The smallest absolute Gasteiger partial charge is 0.423 e. The van der Waals surface area contributed by atoms with Gasteiger partial charge in [-0.2, -0.15) is 9.80 Å². The first kappa shape index (κ1) is 25.7. The monoisotopic (exact) mass is 546 g/mol. The van der Waals surface area contributed by atoms with Crippen molar-refractivity contribution < 1.29 is 48.1 Å². The Bertz CT molecular complexity index is 1340. The molecule has 2 aliphatic heterocycles. The summed E-state index contributed by atoms with van der Waals surface area (Å²) in [7, 11) is 3.42. The second kappa shape index (κ2) is 9.12. The second-order valence-electron chi connectivity index (χ2n) is 9.54.